The standard InChI is InChI=1S/C16H13N3O4S/c1-10(20)11-4-6-12(7-5-11)17-14(21)9-19-16(22)23-15(18-19)13-3-2-8-24-13/h2-8H,9H2,1H3,(H,17,21). The van der Waals surface area contributed by atoms with Gasteiger partial charge in [0, 0.05) is 11.3 Å². The molecule has 0 spiro atoms. The van der Waals surface area contributed by atoms with Crippen molar-refractivity contribution in [3.8, 4) is 10.8 Å². The first-order valence-corrected chi connectivity index (χ1v) is 7.93. The minimum Gasteiger partial charge on any atom is -0.387 e. The number of ketones is 1. The Balaban J connectivity index is 1.69. The van der Waals surface area contributed by atoms with E-state index in [1.807, 2.05) is 11.4 Å². The van der Waals surface area contributed by atoms with Gasteiger partial charge in [-0.1, -0.05) is 6.07 Å². The molecule has 3 aromatic rings. The van der Waals surface area contributed by atoms with E-state index >= 15 is 0 Å². The van der Waals surface area contributed by atoms with Crippen molar-refractivity contribution in [1.29, 1.82) is 0 Å². The smallest absolute Gasteiger partial charge is 0.387 e. The predicted octanol–water partition coefficient (Wildman–Crippen LogP) is 2.41. The molecule has 3 rings (SSSR count). The fourth-order valence-electron chi connectivity index (χ4n) is 2.03. The second-order valence-electron chi connectivity index (χ2n) is 4.99. The number of aromatic nitrogens is 2. The van der Waals surface area contributed by atoms with Crippen LogP contribution in [0.25, 0.3) is 10.8 Å². The first kappa shape index (κ1) is 15.9. The van der Waals surface area contributed by atoms with Gasteiger partial charge in [0.05, 0.1) is 4.88 Å². The third-order valence-electron chi connectivity index (χ3n) is 3.21. The third kappa shape index (κ3) is 3.49. The number of amides is 1. The lowest BCUT2D eigenvalue weighted by Crippen LogP contribution is -2.25. The topological polar surface area (TPSA) is 94.2 Å². The molecule has 1 N–H and O–H groups in total. The van der Waals surface area contributed by atoms with Gasteiger partial charge in [-0.2, -0.15) is 4.68 Å². The SMILES string of the molecule is CC(=O)c1ccc(NC(=O)Cn2nc(-c3cccs3)oc2=O)cc1. The Morgan fingerprint density at radius 1 is 1.25 bits per heavy atom. The summed E-state index contributed by atoms with van der Waals surface area (Å²) in [6.45, 7) is 1.21. The van der Waals surface area contributed by atoms with Crippen LogP contribution >= 0.6 is 11.3 Å². The van der Waals surface area contributed by atoms with Crippen LogP contribution in [0.15, 0.2) is 51.0 Å². The Labute approximate surface area is 140 Å². The van der Waals surface area contributed by atoms with E-state index in [1.54, 1.807) is 30.3 Å². The van der Waals surface area contributed by atoms with Crippen LogP contribution in [-0.4, -0.2) is 21.5 Å². The van der Waals surface area contributed by atoms with Crippen molar-refractivity contribution in [3.63, 3.8) is 0 Å². The zero-order valence-corrected chi connectivity index (χ0v) is 13.5. The molecule has 0 aliphatic rings. The van der Waals surface area contributed by atoms with Crippen molar-refractivity contribution in [2.45, 2.75) is 13.5 Å². The van der Waals surface area contributed by atoms with Crippen LogP contribution in [0.3, 0.4) is 0 Å². The van der Waals surface area contributed by atoms with E-state index in [9.17, 15) is 14.4 Å². The summed E-state index contributed by atoms with van der Waals surface area (Å²) in [4.78, 5) is 35.7. The highest BCUT2D eigenvalue weighted by atomic mass is 32.1. The number of hydrogen-bond acceptors (Lipinski definition) is 6. The second-order valence-corrected chi connectivity index (χ2v) is 5.94. The first-order chi connectivity index (χ1) is 11.5. The Morgan fingerprint density at radius 3 is 2.62 bits per heavy atom. The van der Waals surface area contributed by atoms with Gasteiger partial charge in [0.25, 0.3) is 5.89 Å². The van der Waals surface area contributed by atoms with Gasteiger partial charge < -0.3 is 9.73 Å². The Hall–Kier alpha value is -3.00. The highest BCUT2D eigenvalue weighted by Gasteiger charge is 2.14. The van der Waals surface area contributed by atoms with E-state index in [0.29, 0.717) is 16.1 Å². The van der Waals surface area contributed by atoms with Crippen LogP contribution < -0.4 is 11.1 Å². The fourth-order valence-corrected chi connectivity index (χ4v) is 2.67. The van der Waals surface area contributed by atoms with Gasteiger partial charge in [0.2, 0.25) is 5.91 Å². The maximum atomic E-state index is 12.0. The number of anilines is 1. The van der Waals surface area contributed by atoms with Crippen molar-refractivity contribution in [3.05, 3.63) is 57.9 Å². The van der Waals surface area contributed by atoms with Gasteiger partial charge in [0.1, 0.15) is 6.54 Å². The molecule has 2 aromatic heterocycles. The quantitative estimate of drug-likeness (QED) is 0.718. The highest BCUT2D eigenvalue weighted by Crippen LogP contribution is 2.21. The zero-order chi connectivity index (χ0) is 17.1. The summed E-state index contributed by atoms with van der Waals surface area (Å²) in [6.07, 6.45) is 0. The van der Waals surface area contributed by atoms with Gasteiger partial charge in [-0.3, -0.25) is 9.59 Å². The van der Waals surface area contributed by atoms with E-state index < -0.39 is 11.7 Å². The van der Waals surface area contributed by atoms with Crippen LogP contribution in [0.1, 0.15) is 17.3 Å². The van der Waals surface area contributed by atoms with E-state index in [0.717, 1.165) is 4.68 Å². The van der Waals surface area contributed by atoms with E-state index in [2.05, 4.69) is 10.4 Å². The number of Topliss-reactive ketones (excluding diaryl/α,β-unsaturated/α-hetero) is 1. The number of nitrogens with zero attached hydrogens (tertiary/aromatic N) is 2. The molecule has 0 aliphatic heterocycles. The van der Waals surface area contributed by atoms with Crippen LogP contribution in [0.2, 0.25) is 0 Å². The number of benzene rings is 1. The number of carbonyl (C=O) groups is 2. The molecule has 24 heavy (non-hydrogen) atoms. The Morgan fingerprint density at radius 2 is 2.00 bits per heavy atom. The van der Waals surface area contributed by atoms with Gasteiger partial charge in [-0.15, -0.1) is 16.4 Å². The molecule has 1 aromatic carbocycles. The molecule has 8 heteroatoms. The van der Waals surface area contributed by atoms with E-state index in [1.165, 1.54) is 18.3 Å². The molecule has 0 aliphatic carbocycles. The summed E-state index contributed by atoms with van der Waals surface area (Å²) in [5.41, 5.74) is 1.08. The summed E-state index contributed by atoms with van der Waals surface area (Å²) < 4.78 is 6.01. The molecule has 122 valence electrons. The minimum absolute atomic E-state index is 0.0527. The molecule has 0 fully saturated rings. The maximum Gasteiger partial charge on any atom is 0.437 e. The van der Waals surface area contributed by atoms with Gasteiger partial charge >= 0.3 is 5.76 Å². The van der Waals surface area contributed by atoms with Crippen LogP contribution in [0.4, 0.5) is 5.69 Å². The fraction of sp³-hybridized carbons (Fsp3) is 0.125. The largest absolute Gasteiger partial charge is 0.437 e. The molecular weight excluding hydrogens is 330 g/mol. The van der Waals surface area contributed by atoms with Crippen LogP contribution in [-0.2, 0) is 11.3 Å². The van der Waals surface area contributed by atoms with Crippen molar-refractivity contribution in [2.24, 2.45) is 0 Å². The average Bonchev–Trinajstić information content (AvgIpc) is 3.18. The molecule has 0 radical (unpaired) electrons. The maximum absolute atomic E-state index is 12.0. The summed E-state index contributed by atoms with van der Waals surface area (Å²) in [5.74, 6) is -0.976. The highest BCUT2D eigenvalue weighted by molar-refractivity contribution is 7.13. The first-order valence-electron chi connectivity index (χ1n) is 7.05. The van der Waals surface area contributed by atoms with Gasteiger partial charge in [0.15, 0.2) is 5.78 Å². The molecular formula is C16H13N3O4S. The number of thiophene rings is 1. The van der Waals surface area contributed by atoms with E-state index in [-0.39, 0.29) is 18.2 Å². The summed E-state index contributed by atoms with van der Waals surface area (Å²) in [5, 5.41) is 8.49. The van der Waals surface area contributed by atoms with Crippen LogP contribution in [0, 0.1) is 0 Å². The average molecular weight is 343 g/mol. The van der Waals surface area contributed by atoms with Crippen molar-refractivity contribution >= 4 is 28.7 Å². The summed E-state index contributed by atoms with van der Waals surface area (Å²) >= 11 is 1.39. The molecule has 0 saturated heterocycles. The lowest BCUT2D eigenvalue weighted by Gasteiger charge is -2.05. The third-order valence-corrected chi connectivity index (χ3v) is 4.06. The normalized spacial score (nSPS) is 10.5. The predicted molar refractivity (Wildman–Crippen MR) is 89.2 cm³/mol. The Kier molecular flexibility index (Phi) is 4.39. The van der Waals surface area contributed by atoms with Crippen LogP contribution in [0.5, 0.6) is 0 Å². The van der Waals surface area contributed by atoms with Gasteiger partial charge in [-0.25, -0.2) is 4.79 Å². The molecule has 2 heterocycles. The number of rotatable bonds is 5. The summed E-state index contributed by atoms with van der Waals surface area (Å²) in [6, 6.07) is 10.1. The van der Waals surface area contributed by atoms with Gasteiger partial charge in [-0.05, 0) is 42.6 Å². The number of nitrogens with one attached hydrogen (secondary N) is 1. The molecule has 0 bridgehead atoms. The van der Waals surface area contributed by atoms with E-state index in [4.69, 9.17) is 4.42 Å². The zero-order valence-electron chi connectivity index (χ0n) is 12.7. The number of hydrogen-bond donors (Lipinski definition) is 1. The minimum atomic E-state index is -0.694. The molecule has 0 unspecified atom stereocenters. The second kappa shape index (κ2) is 6.63. The van der Waals surface area contributed by atoms with Crippen molar-refractivity contribution < 1.29 is 14.0 Å². The lowest BCUT2D eigenvalue weighted by atomic mass is 10.1. The number of carbonyl (C=O) groups excluding carboxylic acids is 2. The molecule has 0 saturated carbocycles. The summed E-state index contributed by atoms with van der Waals surface area (Å²) in [7, 11) is 0. The van der Waals surface area contributed by atoms with Crippen molar-refractivity contribution in [1.82, 2.24) is 9.78 Å². The monoisotopic (exact) mass is 343 g/mol. The lowest BCUT2D eigenvalue weighted by molar-refractivity contribution is -0.117. The molecule has 0 atom stereocenters. The molecule has 7 nitrogen and oxygen atoms in total. The van der Waals surface area contributed by atoms with Crippen molar-refractivity contribution in [2.75, 3.05) is 5.32 Å². The Bertz CT molecular complexity index is 923. The molecule has 1 amide bonds.